The minimum Gasteiger partial charge on any atom is -0.353 e. The lowest BCUT2D eigenvalue weighted by Crippen LogP contribution is -2.43. The Hall–Kier alpha value is -2.14. The van der Waals surface area contributed by atoms with Gasteiger partial charge in [0.2, 0.25) is 5.91 Å². The first kappa shape index (κ1) is 17.3. The van der Waals surface area contributed by atoms with Crippen LogP contribution in [0.1, 0.15) is 36.3 Å². The third-order valence-corrected chi connectivity index (χ3v) is 6.03. The molecule has 1 aliphatic carbocycles. The molecule has 2 unspecified atom stereocenters. The Morgan fingerprint density at radius 2 is 2.12 bits per heavy atom. The van der Waals surface area contributed by atoms with Crippen molar-refractivity contribution in [2.45, 2.75) is 37.6 Å². The Bertz CT molecular complexity index is 741. The molecule has 4 rings (SSSR count). The van der Waals surface area contributed by atoms with E-state index in [2.05, 4.69) is 46.1 Å². The lowest BCUT2D eigenvalue weighted by molar-refractivity contribution is -0.125. The van der Waals surface area contributed by atoms with Gasteiger partial charge in [-0.3, -0.25) is 9.48 Å². The van der Waals surface area contributed by atoms with E-state index in [1.165, 1.54) is 18.4 Å². The number of rotatable bonds is 5. The summed E-state index contributed by atoms with van der Waals surface area (Å²) in [6.07, 6.45) is 8.49. The van der Waals surface area contributed by atoms with E-state index in [0.29, 0.717) is 12.0 Å². The van der Waals surface area contributed by atoms with Gasteiger partial charge in [-0.2, -0.15) is 5.10 Å². The highest BCUT2D eigenvalue weighted by Gasteiger charge is 2.37. The second kappa shape index (κ2) is 7.62. The molecule has 1 saturated carbocycles. The van der Waals surface area contributed by atoms with Gasteiger partial charge in [-0.1, -0.05) is 36.8 Å². The zero-order chi connectivity index (χ0) is 17.9. The van der Waals surface area contributed by atoms with Gasteiger partial charge in [0.05, 0.1) is 12.1 Å². The molecule has 1 amide bonds. The first-order chi connectivity index (χ1) is 12.7. The van der Waals surface area contributed by atoms with Crippen molar-refractivity contribution in [1.29, 1.82) is 0 Å². The monoisotopic (exact) mass is 352 g/mol. The highest BCUT2D eigenvalue weighted by Crippen LogP contribution is 2.31. The van der Waals surface area contributed by atoms with Crippen LogP contribution in [0.3, 0.4) is 0 Å². The van der Waals surface area contributed by atoms with Crippen LogP contribution in [-0.4, -0.2) is 34.8 Å². The topological polar surface area (TPSA) is 59.0 Å². The zero-order valence-corrected chi connectivity index (χ0v) is 15.4. The fourth-order valence-electron chi connectivity index (χ4n) is 4.61. The number of aryl methyl sites for hydroxylation is 1. The Morgan fingerprint density at radius 1 is 1.27 bits per heavy atom. The molecule has 1 aliphatic heterocycles. The number of benzene rings is 1. The summed E-state index contributed by atoms with van der Waals surface area (Å²) in [4.78, 5) is 13.0. The standard InChI is InChI=1S/C21H28N4O/c1-25-14-17(11-23-25)18-12-22-13-19(18)21(26)24-20-9-5-8-16(20)10-15-6-3-2-4-7-15/h2-4,6-7,11,14,16,18-20,22H,5,8-10,12-13H2,1H3,(H,24,26)/t16?,18-,19+,20?/m1/s1. The fourth-order valence-corrected chi connectivity index (χ4v) is 4.61. The van der Waals surface area contributed by atoms with Gasteiger partial charge in [0, 0.05) is 38.3 Å². The van der Waals surface area contributed by atoms with Crippen LogP contribution in [0.15, 0.2) is 42.7 Å². The van der Waals surface area contributed by atoms with Gasteiger partial charge in [0.25, 0.3) is 0 Å². The number of amides is 1. The predicted molar refractivity (Wildman–Crippen MR) is 102 cm³/mol. The number of carbonyl (C=O) groups is 1. The molecule has 26 heavy (non-hydrogen) atoms. The van der Waals surface area contributed by atoms with Crippen LogP contribution in [0.2, 0.25) is 0 Å². The van der Waals surface area contributed by atoms with Crippen LogP contribution < -0.4 is 10.6 Å². The largest absolute Gasteiger partial charge is 0.353 e. The van der Waals surface area contributed by atoms with Crippen molar-refractivity contribution in [3.8, 4) is 0 Å². The Morgan fingerprint density at radius 3 is 2.88 bits per heavy atom. The lowest BCUT2D eigenvalue weighted by Gasteiger charge is -2.24. The average Bonchev–Trinajstić information content (AvgIpc) is 3.37. The number of nitrogens with one attached hydrogen (secondary N) is 2. The maximum absolute atomic E-state index is 13.0. The van der Waals surface area contributed by atoms with E-state index in [9.17, 15) is 4.79 Å². The van der Waals surface area contributed by atoms with Crippen molar-refractivity contribution in [3.05, 3.63) is 53.9 Å². The summed E-state index contributed by atoms with van der Waals surface area (Å²) in [6.45, 7) is 1.60. The zero-order valence-electron chi connectivity index (χ0n) is 15.4. The first-order valence-corrected chi connectivity index (χ1v) is 9.74. The number of hydrogen-bond donors (Lipinski definition) is 2. The van der Waals surface area contributed by atoms with Crippen LogP contribution in [0.25, 0.3) is 0 Å². The third kappa shape index (κ3) is 3.68. The second-order valence-electron chi connectivity index (χ2n) is 7.81. The quantitative estimate of drug-likeness (QED) is 0.868. The van der Waals surface area contributed by atoms with Gasteiger partial charge in [-0.05, 0) is 36.3 Å². The SMILES string of the molecule is Cn1cc([C@H]2CNC[C@@H]2C(=O)NC2CCCC2Cc2ccccc2)cn1. The van der Waals surface area contributed by atoms with E-state index in [0.717, 1.165) is 31.5 Å². The van der Waals surface area contributed by atoms with E-state index in [1.54, 1.807) is 0 Å². The molecule has 138 valence electrons. The normalized spacial score (nSPS) is 28.3. The predicted octanol–water partition coefficient (Wildman–Crippen LogP) is 2.25. The van der Waals surface area contributed by atoms with Crippen LogP contribution in [0.5, 0.6) is 0 Å². The molecule has 2 aliphatic rings. The smallest absolute Gasteiger partial charge is 0.225 e. The highest BCUT2D eigenvalue weighted by atomic mass is 16.2. The Balaban J connectivity index is 1.40. The van der Waals surface area contributed by atoms with Crippen LogP contribution in [0, 0.1) is 11.8 Å². The van der Waals surface area contributed by atoms with Crippen molar-refractivity contribution < 1.29 is 4.79 Å². The van der Waals surface area contributed by atoms with Gasteiger partial charge < -0.3 is 10.6 Å². The molecule has 2 N–H and O–H groups in total. The molecule has 1 aromatic heterocycles. The van der Waals surface area contributed by atoms with E-state index in [-0.39, 0.29) is 17.7 Å². The van der Waals surface area contributed by atoms with E-state index in [4.69, 9.17) is 0 Å². The summed E-state index contributed by atoms with van der Waals surface area (Å²) in [7, 11) is 1.92. The van der Waals surface area contributed by atoms with Crippen LogP contribution in [0.4, 0.5) is 0 Å². The number of nitrogens with zero attached hydrogens (tertiary/aromatic N) is 2. The molecule has 2 aromatic rings. The summed E-state index contributed by atoms with van der Waals surface area (Å²) in [6, 6.07) is 10.9. The molecule has 0 bridgehead atoms. The molecule has 1 aromatic carbocycles. The summed E-state index contributed by atoms with van der Waals surface area (Å²) in [5, 5.41) is 11.1. The summed E-state index contributed by atoms with van der Waals surface area (Å²) in [5.41, 5.74) is 2.53. The average molecular weight is 352 g/mol. The molecule has 5 nitrogen and oxygen atoms in total. The van der Waals surface area contributed by atoms with Crippen molar-refractivity contribution >= 4 is 5.91 Å². The van der Waals surface area contributed by atoms with E-state index in [1.807, 2.05) is 24.1 Å². The molecule has 0 radical (unpaired) electrons. The number of carbonyl (C=O) groups excluding carboxylic acids is 1. The lowest BCUT2D eigenvalue weighted by atomic mass is 9.89. The molecule has 0 spiro atoms. The molecule has 4 atom stereocenters. The number of aromatic nitrogens is 2. The van der Waals surface area contributed by atoms with E-state index < -0.39 is 0 Å². The van der Waals surface area contributed by atoms with E-state index >= 15 is 0 Å². The second-order valence-corrected chi connectivity index (χ2v) is 7.81. The van der Waals surface area contributed by atoms with Gasteiger partial charge in [-0.25, -0.2) is 0 Å². The van der Waals surface area contributed by atoms with Gasteiger partial charge in [0.15, 0.2) is 0 Å². The summed E-state index contributed by atoms with van der Waals surface area (Å²) < 4.78 is 1.81. The van der Waals surface area contributed by atoms with Crippen molar-refractivity contribution in [3.63, 3.8) is 0 Å². The maximum Gasteiger partial charge on any atom is 0.225 e. The third-order valence-electron chi connectivity index (χ3n) is 6.03. The van der Waals surface area contributed by atoms with Crippen molar-refractivity contribution in [2.24, 2.45) is 18.9 Å². The highest BCUT2D eigenvalue weighted by molar-refractivity contribution is 5.80. The maximum atomic E-state index is 13.0. The minimum absolute atomic E-state index is 0.00262. The summed E-state index contributed by atoms with van der Waals surface area (Å²) >= 11 is 0. The Labute approximate surface area is 155 Å². The molecular weight excluding hydrogens is 324 g/mol. The fraction of sp³-hybridized carbons (Fsp3) is 0.524. The number of hydrogen-bond acceptors (Lipinski definition) is 3. The molecule has 1 saturated heterocycles. The van der Waals surface area contributed by atoms with Crippen LogP contribution >= 0.6 is 0 Å². The van der Waals surface area contributed by atoms with Crippen molar-refractivity contribution in [2.75, 3.05) is 13.1 Å². The summed E-state index contributed by atoms with van der Waals surface area (Å²) in [5.74, 6) is 0.969. The first-order valence-electron chi connectivity index (χ1n) is 9.74. The van der Waals surface area contributed by atoms with Gasteiger partial charge in [0.1, 0.15) is 0 Å². The molecule has 2 fully saturated rings. The van der Waals surface area contributed by atoms with Crippen molar-refractivity contribution in [1.82, 2.24) is 20.4 Å². The van der Waals surface area contributed by atoms with Gasteiger partial charge >= 0.3 is 0 Å². The minimum atomic E-state index is -0.00262. The van der Waals surface area contributed by atoms with Crippen LogP contribution in [-0.2, 0) is 18.3 Å². The molecule has 2 heterocycles. The van der Waals surface area contributed by atoms with Gasteiger partial charge in [-0.15, -0.1) is 0 Å². The Kier molecular flexibility index (Phi) is 5.07. The molecule has 5 heteroatoms. The molecular formula is C21H28N4O.